The first-order chi connectivity index (χ1) is 9.22. The molecule has 0 saturated heterocycles. The number of rotatable bonds is 8. The van der Waals surface area contributed by atoms with Crippen LogP contribution >= 0.6 is 0 Å². The smallest absolute Gasteiger partial charge is 0.0964 e. The van der Waals surface area contributed by atoms with E-state index >= 15 is 0 Å². The summed E-state index contributed by atoms with van der Waals surface area (Å²) in [6.07, 6.45) is 7.53. The number of hydrogen-bond donors (Lipinski definition) is 1. The summed E-state index contributed by atoms with van der Waals surface area (Å²) in [5, 5.41) is 11.9. The molecule has 1 aromatic heterocycles. The average Bonchev–Trinajstić information content (AvgIpc) is 3.32. The van der Waals surface area contributed by atoms with Crippen LogP contribution in [0.2, 0.25) is 0 Å². The van der Waals surface area contributed by atoms with Crippen LogP contribution in [-0.4, -0.2) is 45.6 Å². The van der Waals surface area contributed by atoms with Crippen molar-refractivity contribution in [3.8, 4) is 0 Å². The third kappa shape index (κ3) is 3.76. The molecule has 5 heteroatoms. The van der Waals surface area contributed by atoms with Crippen molar-refractivity contribution in [2.75, 3.05) is 13.6 Å². The number of likely N-dealkylation sites (N-methyl/N-ethyl adjacent to an activating group) is 1. The van der Waals surface area contributed by atoms with Gasteiger partial charge in [0.25, 0.3) is 0 Å². The summed E-state index contributed by atoms with van der Waals surface area (Å²) in [6, 6.07) is 1.44. The Kier molecular flexibility index (Phi) is 3.84. The summed E-state index contributed by atoms with van der Waals surface area (Å²) in [5.41, 5.74) is 1.06. The summed E-state index contributed by atoms with van der Waals surface area (Å²) in [5.74, 6) is 0.930. The van der Waals surface area contributed by atoms with Crippen LogP contribution in [0.15, 0.2) is 6.20 Å². The summed E-state index contributed by atoms with van der Waals surface area (Å²) in [7, 11) is 2.22. The fourth-order valence-corrected chi connectivity index (χ4v) is 2.47. The van der Waals surface area contributed by atoms with Crippen molar-refractivity contribution < 1.29 is 0 Å². The number of nitrogens with zero attached hydrogens (tertiary/aromatic N) is 4. The van der Waals surface area contributed by atoms with E-state index in [4.69, 9.17) is 0 Å². The lowest BCUT2D eigenvalue weighted by atomic mass is 10.2. The molecule has 0 radical (unpaired) electrons. The van der Waals surface area contributed by atoms with E-state index in [1.807, 2.05) is 4.68 Å². The highest BCUT2D eigenvalue weighted by Gasteiger charge is 2.30. The zero-order valence-corrected chi connectivity index (χ0v) is 12.0. The minimum atomic E-state index is 0.708. The van der Waals surface area contributed by atoms with Crippen LogP contribution in [0.4, 0.5) is 0 Å². The van der Waals surface area contributed by atoms with Crippen LogP contribution < -0.4 is 5.32 Å². The summed E-state index contributed by atoms with van der Waals surface area (Å²) in [6.45, 7) is 5.18. The predicted octanol–water partition coefficient (Wildman–Crippen LogP) is 1.26. The maximum atomic E-state index is 4.22. The molecule has 19 heavy (non-hydrogen) atoms. The van der Waals surface area contributed by atoms with Gasteiger partial charge in [0.05, 0.1) is 12.2 Å². The maximum Gasteiger partial charge on any atom is 0.0964 e. The van der Waals surface area contributed by atoms with Gasteiger partial charge >= 0.3 is 0 Å². The normalized spacial score (nSPS) is 21.0. The second kappa shape index (κ2) is 5.59. The summed E-state index contributed by atoms with van der Waals surface area (Å²) >= 11 is 0. The number of nitrogens with one attached hydrogen (secondary N) is 1. The zero-order valence-electron chi connectivity index (χ0n) is 12.0. The van der Waals surface area contributed by atoms with Crippen LogP contribution in [0.1, 0.15) is 38.3 Å². The Hall–Kier alpha value is -0.940. The lowest BCUT2D eigenvalue weighted by Gasteiger charge is -2.24. The van der Waals surface area contributed by atoms with Crippen LogP contribution in [0.5, 0.6) is 0 Å². The molecule has 106 valence electrons. The van der Waals surface area contributed by atoms with E-state index in [1.54, 1.807) is 0 Å². The van der Waals surface area contributed by atoms with Gasteiger partial charge in [0.15, 0.2) is 0 Å². The van der Waals surface area contributed by atoms with Gasteiger partial charge in [0.2, 0.25) is 0 Å². The molecule has 2 saturated carbocycles. The Balaban J connectivity index is 1.41. The number of hydrogen-bond acceptors (Lipinski definition) is 4. The first-order valence-corrected chi connectivity index (χ1v) is 7.55. The predicted molar refractivity (Wildman–Crippen MR) is 74.7 cm³/mol. The summed E-state index contributed by atoms with van der Waals surface area (Å²) in [4.78, 5) is 2.45. The van der Waals surface area contributed by atoms with Gasteiger partial charge in [-0.1, -0.05) is 5.21 Å². The molecule has 2 aliphatic carbocycles. The highest BCUT2D eigenvalue weighted by Crippen LogP contribution is 2.34. The third-order valence-corrected chi connectivity index (χ3v) is 4.42. The molecular weight excluding hydrogens is 238 g/mol. The van der Waals surface area contributed by atoms with Crippen LogP contribution in [0.3, 0.4) is 0 Å². The van der Waals surface area contributed by atoms with E-state index in [1.165, 1.54) is 25.7 Å². The molecule has 1 unspecified atom stereocenters. The van der Waals surface area contributed by atoms with Gasteiger partial charge in [-0.25, -0.2) is 0 Å². The molecule has 1 aromatic rings. The average molecular weight is 263 g/mol. The molecule has 0 aliphatic heterocycles. The van der Waals surface area contributed by atoms with Crippen molar-refractivity contribution in [1.29, 1.82) is 0 Å². The Bertz CT molecular complexity index is 408. The molecule has 2 aliphatic rings. The van der Waals surface area contributed by atoms with E-state index < -0.39 is 0 Å². The molecule has 5 nitrogen and oxygen atoms in total. The maximum absolute atomic E-state index is 4.22. The Morgan fingerprint density at radius 2 is 2.21 bits per heavy atom. The lowest BCUT2D eigenvalue weighted by Crippen LogP contribution is -2.33. The second-order valence-corrected chi connectivity index (χ2v) is 6.19. The fourth-order valence-electron chi connectivity index (χ4n) is 2.47. The van der Waals surface area contributed by atoms with Crippen molar-refractivity contribution in [1.82, 2.24) is 25.2 Å². The minimum absolute atomic E-state index is 0.708. The van der Waals surface area contributed by atoms with Crippen molar-refractivity contribution in [2.45, 2.75) is 57.8 Å². The van der Waals surface area contributed by atoms with Crippen molar-refractivity contribution in [3.63, 3.8) is 0 Å². The second-order valence-electron chi connectivity index (χ2n) is 6.19. The molecule has 0 spiro atoms. The molecule has 2 fully saturated rings. The monoisotopic (exact) mass is 263 g/mol. The molecule has 1 N–H and O–H groups in total. The van der Waals surface area contributed by atoms with Gasteiger partial charge in [-0.3, -0.25) is 4.68 Å². The van der Waals surface area contributed by atoms with E-state index in [9.17, 15) is 0 Å². The van der Waals surface area contributed by atoms with E-state index in [0.29, 0.717) is 6.04 Å². The summed E-state index contributed by atoms with van der Waals surface area (Å²) < 4.78 is 1.97. The van der Waals surface area contributed by atoms with Gasteiger partial charge in [0.1, 0.15) is 0 Å². The van der Waals surface area contributed by atoms with E-state index in [-0.39, 0.29) is 0 Å². The largest absolute Gasteiger partial charge is 0.308 e. The quantitative estimate of drug-likeness (QED) is 0.767. The third-order valence-electron chi connectivity index (χ3n) is 4.42. The van der Waals surface area contributed by atoms with Crippen molar-refractivity contribution >= 4 is 0 Å². The van der Waals surface area contributed by atoms with Crippen LogP contribution in [0, 0.1) is 5.92 Å². The zero-order chi connectivity index (χ0) is 13.2. The van der Waals surface area contributed by atoms with Crippen molar-refractivity contribution in [3.05, 3.63) is 11.9 Å². The van der Waals surface area contributed by atoms with Gasteiger partial charge in [-0.2, -0.15) is 0 Å². The van der Waals surface area contributed by atoms with Crippen LogP contribution in [0.25, 0.3) is 0 Å². The topological polar surface area (TPSA) is 46.0 Å². The van der Waals surface area contributed by atoms with Crippen molar-refractivity contribution in [2.24, 2.45) is 5.92 Å². The number of aromatic nitrogens is 3. The molecule has 1 atom stereocenters. The van der Waals surface area contributed by atoms with Crippen LogP contribution in [-0.2, 0) is 13.1 Å². The Morgan fingerprint density at radius 3 is 2.89 bits per heavy atom. The highest BCUT2D eigenvalue weighted by molar-refractivity contribution is 4.94. The molecule has 0 bridgehead atoms. The van der Waals surface area contributed by atoms with E-state index in [0.717, 1.165) is 37.3 Å². The molecular formula is C14H25N5. The Labute approximate surface area is 115 Å². The fraction of sp³-hybridized carbons (Fsp3) is 0.857. The van der Waals surface area contributed by atoms with Gasteiger partial charge < -0.3 is 10.2 Å². The van der Waals surface area contributed by atoms with Gasteiger partial charge in [-0.05, 0) is 45.6 Å². The van der Waals surface area contributed by atoms with Gasteiger partial charge in [-0.15, -0.1) is 5.10 Å². The minimum Gasteiger partial charge on any atom is -0.308 e. The molecule has 0 aromatic carbocycles. The lowest BCUT2D eigenvalue weighted by molar-refractivity contribution is 0.222. The van der Waals surface area contributed by atoms with Gasteiger partial charge in [0, 0.05) is 31.4 Å². The first kappa shape index (κ1) is 13.1. The van der Waals surface area contributed by atoms with E-state index in [2.05, 4.69) is 40.7 Å². The molecule has 1 heterocycles. The SMILES string of the molecule is CC(C1CC1)N(C)CCn1cc(CNC2CC2)nn1. The highest BCUT2D eigenvalue weighted by atomic mass is 15.4. The standard InChI is InChI=1S/C14H25N5/c1-11(12-3-4-12)18(2)7-8-19-10-14(16-17-19)9-15-13-5-6-13/h10-13,15H,3-9H2,1-2H3. The molecule has 3 rings (SSSR count). The molecule has 0 amide bonds. The Morgan fingerprint density at radius 1 is 1.42 bits per heavy atom. The first-order valence-electron chi connectivity index (χ1n) is 7.55.